The van der Waals surface area contributed by atoms with Crippen LogP contribution in [-0.4, -0.2) is 98.4 Å². The average molecular weight is 619 g/mol. The van der Waals surface area contributed by atoms with E-state index in [0.29, 0.717) is 30.8 Å². The number of para-hydroxylation sites is 1. The van der Waals surface area contributed by atoms with Crippen LogP contribution in [0.3, 0.4) is 0 Å². The first kappa shape index (κ1) is 31.4. The predicted molar refractivity (Wildman–Crippen MR) is 164 cm³/mol. The summed E-state index contributed by atoms with van der Waals surface area (Å²) in [5.74, 6) is -0.215. The third-order valence-corrected chi connectivity index (χ3v) is 7.73. The quantitative estimate of drug-likeness (QED) is 0.254. The molecule has 0 fully saturated rings. The largest absolute Gasteiger partial charge is 0.493 e. The van der Waals surface area contributed by atoms with Crippen LogP contribution in [0.5, 0.6) is 11.5 Å². The molecule has 1 aliphatic rings. The van der Waals surface area contributed by atoms with Crippen LogP contribution >= 0.6 is 0 Å². The van der Waals surface area contributed by atoms with Crippen molar-refractivity contribution in [2.75, 3.05) is 33.4 Å². The van der Waals surface area contributed by atoms with Gasteiger partial charge in [0, 0.05) is 42.5 Å². The van der Waals surface area contributed by atoms with Gasteiger partial charge < -0.3 is 35.1 Å². The zero-order chi connectivity index (χ0) is 31.8. The Labute approximate surface area is 260 Å². The zero-order valence-corrected chi connectivity index (χ0v) is 25.4. The van der Waals surface area contributed by atoms with Crippen molar-refractivity contribution in [1.82, 2.24) is 40.7 Å². The molecule has 0 radical (unpaired) electrons. The van der Waals surface area contributed by atoms with E-state index in [2.05, 4.69) is 31.1 Å². The number of carbonyl (C=O) groups excluding carboxylic acids is 3. The maximum Gasteiger partial charge on any atom is 0.245 e. The topological polar surface area (TPSA) is 177 Å². The Morgan fingerprint density at radius 2 is 2.07 bits per heavy atom. The van der Waals surface area contributed by atoms with E-state index in [1.807, 2.05) is 42.5 Å². The van der Waals surface area contributed by atoms with E-state index < -0.39 is 24.0 Å². The molecule has 0 spiro atoms. The van der Waals surface area contributed by atoms with Gasteiger partial charge in [-0.3, -0.25) is 14.4 Å². The van der Waals surface area contributed by atoms with Gasteiger partial charge in [0.15, 0.2) is 11.5 Å². The lowest BCUT2D eigenvalue weighted by Crippen LogP contribution is -2.55. The predicted octanol–water partition coefficient (Wildman–Crippen LogP) is 0.980. The van der Waals surface area contributed by atoms with Crippen molar-refractivity contribution < 1.29 is 29.0 Å². The number of aromatic amines is 1. The molecular formula is C31H38N8O6. The number of amides is 3. The van der Waals surface area contributed by atoms with Gasteiger partial charge in [0.2, 0.25) is 17.7 Å². The van der Waals surface area contributed by atoms with Gasteiger partial charge in [-0.25, -0.2) is 4.68 Å². The molecule has 4 N–H and O–H groups in total. The van der Waals surface area contributed by atoms with Crippen molar-refractivity contribution in [1.29, 1.82) is 0 Å². The van der Waals surface area contributed by atoms with E-state index in [1.54, 1.807) is 7.11 Å². The lowest BCUT2D eigenvalue weighted by molar-refractivity contribution is -0.138. The summed E-state index contributed by atoms with van der Waals surface area (Å²) in [5.41, 5.74) is 4.07. The molecule has 5 rings (SSSR count). The smallest absolute Gasteiger partial charge is 0.245 e. The number of hydrogen-bond acceptors (Lipinski definition) is 9. The molecule has 0 saturated carbocycles. The standard InChI is InChI=1S/C31H38N8O6/c1-20(40)30-31(43)32-12-10-23-22-6-3-4-7-24(22)34-25(23)16-21-8-9-26(44-2)27(17-21)45-15-5-13-38(18-28(41)35-30)29(42)11-14-39-19-33-36-37-39/h3-4,6-9,17,19-20,30,34,40H,5,10-16,18H2,1-2H3,(H,32,43)(H,35,41)/t20-,30+/m1/s1. The highest BCUT2D eigenvalue weighted by Gasteiger charge is 2.27. The van der Waals surface area contributed by atoms with Gasteiger partial charge in [0.05, 0.1) is 32.9 Å². The summed E-state index contributed by atoms with van der Waals surface area (Å²) in [7, 11) is 1.58. The minimum absolute atomic E-state index is 0.0597. The molecule has 14 heteroatoms. The number of aliphatic hydroxyl groups excluding tert-OH is 1. The first-order valence-corrected chi connectivity index (χ1v) is 14.9. The van der Waals surface area contributed by atoms with Crippen LogP contribution in [0.15, 0.2) is 48.8 Å². The molecule has 1 aliphatic heterocycles. The SMILES string of the molecule is COc1ccc2cc1OCCCN(C(=O)CCn1cnnn1)CC(=O)N[C@@H]([C@@H](C)O)C(=O)NCCc1c([nH]c3ccccc13)C2. The van der Waals surface area contributed by atoms with Crippen LogP contribution in [0.25, 0.3) is 10.9 Å². The molecule has 2 atom stereocenters. The number of H-pyrrole nitrogens is 1. The number of rotatable bonds is 5. The number of methoxy groups -OCH3 is 1. The molecule has 0 saturated heterocycles. The van der Waals surface area contributed by atoms with E-state index in [1.165, 1.54) is 22.8 Å². The molecule has 4 aromatic rings. The number of aryl methyl sites for hydroxylation is 1. The number of nitrogens with one attached hydrogen (secondary N) is 3. The first-order chi connectivity index (χ1) is 21.8. The maximum absolute atomic E-state index is 13.2. The Morgan fingerprint density at radius 3 is 2.84 bits per heavy atom. The van der Waals surface area contributed by atoms with Gasteiger partial charge in [0.1, 0.15) is 12.4 Å². The highest BCUT2D eigenvalue weighted by atomic mass is 16.5. The number of carbonyl (C=O) groups is 3. The number of ether oxygens (including phenoxy) is 2. The van der Waals surface area contributed by atoms with Gasteiger partial charge in [-0.1, -0.05) is 24.3 Å². The molecule has 238 valence electrons. The second-order valence-electron chi connectivity index (χ2n) is 11.0. The van der Waals surface area contributed by atoms with Crippen molar-refractivity contribution in [2.45, 2.75) is 51.3 Å². The summed E-state index contributed by atoms with van der Waals surface area (Å²) in [5, 5.41) is 27.9. The zero-order valence-electron chi connectivity index (χ0n) is 25.4. The van der Waals surface area contributed by atoms with Crippen molar-refractivity contribution in [2.24, 2.45) is 0 Å². The Bertz CT molecular complexity index is 1620. The minimum Gasteiger partial charge on any atom is -0.493 e. The monoisotopic (exact) mass is 618 g/mol. The summed E-state index contributed by atoms with van der Waals surface area (Å²) >= 11 is 0. The molecule has 14 nitrogen and oxygen atoms in total. The summed E-state index contributed by atoms with van der Waals surface area (Å²) in [6, 6.07) is 12.6. The van der Waals surface area contributed by atoms with Gasteiger partial charge in [-0.15, -0.1) is 5.10 Å². The number of hydrogen-bond donors (Lipinski definition) is 4. The number of aliphatic hydroxyl groups is 1. The fraction of sp³-hybridized carbons (Fsp3) is 0.419. The fourth-order valence-corrected chi connectivity index (χ4v) is 5.44. The Hall–Kier alpha value is -4.98. The average Bonchev–Trinajstić information content (AvgIpc) is 3.67. The summed E-state index contributed by atoms with van der Waals surface area (Å²) in [6.45, 7) is 2.13. The van der Waals surface area contributed by atoms with Crippen molar-refractivity contribution in [3.63, 3.8) is 0 Å². The Kier molecular flexibility index (Phi) is 10.2. The molecule has 3 amide bonds. The number of aromatic nitrogens is 5. The van der Waals surface area contributed by atoms with Gasteiger partial charge in [-0.2, -0.15) is 0 Å². The van der Waals surface area contributed by atoms with Gasteiger partial charge in [-0.05, 0) is 59.5 Å². The van der Waals surface area contributed by atoms with E-state index in [0.717, 1.165) is 27.7 Å². The first-order valence-electron chi connectivity index (χ1n) is 14.9. The second kappa shape index (κ2) is 14.7. The molecule has 0 unspecified atom stereocenters. The number of nitrogens with zero attached hydrogens (tertiary/aromatic N) is 5. The highest BCUT2D eigenvalue weighted by Crippen LogP contribution is 2.31. The summed E-state index contributed by atoms with van der Waals surface area (Å²) < 4.78 is 13.1. The molecule has 3 heterocycles. The van der Waals surface area contributed by atoms with E-state index >= 15 is 0 Å². The van der Waals surface area contributed by atoms with Gasteiger partial charge >= 0.3 is 0 Å². The van der Waals surface area contributed by atoms with Crippen LogP contribution < -0.4 is 20.1 Å². The lowest BCUT2D eigenvalue weighted by Gasteiger charge is -2.25. The van der Waals surface area contributed by atoms with Crippen LogP contribution in [0, 0.1) is 0 Å². The van der Waals surface area contributed by atoms with Crippen LogP contribution in [0.4, 0.5) is 0 Å². The van der Waals surface area contributed by atoms with E-state index in [-0.39, 0.29) is 45.1 Å². The van der Waals surface area contributed by atoms with Crippen LogP contribution in [0.2, 0.25) is 0 Å². The molecule has 2 bridgehead atoms. The maximum atomic E-state index is 13.2. The molecule has 0 aliphatic carbocycles. The summed E-state index contributed by atoms with van der Waals surface area (Å²) in [4.78, 5) is 44.4. The van der Waals surface area contributed by atoms with Crippen molar-refractivity contribution >= 4 is 28.6 Å². The van der Waals surface area contributed by atoms with Crippen molar-refractivity contribution in [3.8, 4) is 11.5 Å². The second-order valence-corrected chi connectivity index (χ2v) is 11.0. The number of benzene rings is 2. The minimum atomic E-state index is -1.20. The van der Waals surface area contributed by atoms with E-state index in [4.69, 9.17) is 9.47 Å². The van der Waals surface area contributed by atoms with Crippen LogP contribution in [0.1, 0.15) is 36.6 Å². The molecule has 2 aromatic heterocycles. The number of tetrazole rings is 1. The highest BCUT2D eigenvalue weighted by molar-refractivity contribution is 5.90. The fourth-order valence-electron chi connectivity index (χ4n) is 5.44. The Morgan fingerprint density at radius 1 is 1.22 bits per heavy atom. The third-order valence-electron chi connectivity index (χ3n) is 7.73. The lowest BCUT2D eigenvalue weighted by atomic mass is 10.0. The van der Waals surface area contributed by atoms with Gasteiger partial charge in [0.25, 0.3) is 0 Å². The normalized spacial score (nSPS) is 17.6. The number of fused-ring (bicyclic) bond motifs is 5. The Balaban J connectivity index is 1.40. The summed E-state index contributed by atoms with van der Waals surface area (Å²) in [6.07, 6.45) is 1.84. The molecule has 45 heavy (non-hydrogen) atoms. The molecule has 2 aromatic carbocycles. The van der Waals surface area contributed by atoms with Crippen LogP contribution in [-0.2, 0) is 33.8 Å². The molecular weight excluding hydrogens is 580 g/mol. The van der Waals surface area contributed by atoms with E-state index in [9.17, 15) is 19.5 Å². The third kappa shape index (κ3) is 7.95. The van der Waals surface area contributed by atoms with Crippen molar-refractivity contribution in [3.05, 3.63) is 65.6 Å².